The third-order valence-electron chi connectivity index (χ3n) is 5.70. The van der Waals surface area contributed by atoms with Crippen LogP contribution in [0.5, 0.6) is 5.88 Å². The van der Waals surface area contributed by atoms with Crippen molar-refractivity contribution in [3.63, 3.8) is 0 Å². The van der Waals surface area contributed by atoms with Crippen LogP contribution in [0.1, 0.15) is 25.6 Å². The second-order valence-corrected chi connectivity index (χ2v) is 7.91. The highest BCUT2D eigenvalue weighted by Gasteiger charge is 2.32. The average molecular weight is 409 g/mol. The molecule has 0 aliphatic carbocycles. The van der Waals surface area contributed by atoms with Gasteiger partial charge in [0, 0.05) is 24.5 Å². The molecule has 2 aliphatic rings. The van der Waals surface area contributed by atoms with Gasteiger partial charge in [-0.25, -0.2) is 4.98 Å². The van der Waals surface area contributed by atoms with Crippen molar-refractivity contribution in [2.24, 2.45) is 13.0 Å². The Bertz CT molecular complexity index is 1130. The molecule has 1 N–H and O–H groups in total. The molecule has 2 fully saturated rings. The summed E-state index contributed by atoms with van der Waals surface area (Å²) in [6.07, 6.45) is 3.56. The molecular weight excluding hydrogens is 386 g/mol. The Morgan fingerprint density at radius 2 is 2.17 bits per heavy atom. The summed E-state index contributed by atoms with van der Waals surface area (Å²) in [6.45, 7) is 5.87. The van der Waals surface area contributed by atoms with Crippen molar-refractivity contribution in [3.8, 4) is 11.9 Å². The van der Waals surface area contributed by atoms with Crippen LogP contribution in [0.4, 0.5) is 11.6 Å². The highest BCUT2D eigenvalue weighted by atomic mass is 16.6. The largest absolute Gasteiger partial charge is 0.467 e. The number of rotatable bonds is 5. The van der Waals surface area contributed by atoms with Crippen molar-refractivity contribution in [3.05, 3.63) is 24.2 Å². The van der Waals surface area contributed by atoms with Gasteiger partial charge in [0.15, 0.2) is 0 Å². The molecule has 2 saturated heterocycles. The summed E-state index contributed by atoms with van der Waals surface area (Å²) < 4.78 is 20.6. The van der Waals surface area contributed by atoms with E-state index in [1.54, 1.807) is 10.9 Å². The lowest BCUT2D eigenvalue weighted by atomic mass is 10.1. The third-order valence-corrected chi connectivity index (χ3v) is 5.70. The molecular formula is C20H23N7O3. The fraction of sp³-hybridized carbons (Fsp3) is 0.500. The summed E-state index contributed by atoms with van der Waals surface area (Å²) in [6, 6.07) is 4.16. The smallest absolute Gasteiger partial charge is 0.257 e. The van der Waals surface area contributed by atoms with Gasteiger partial charge < -0.3 is 24.1 Å². The zero-order valence-electron chi connectivity index (χ0n) is 17.1. The number of hydrogen-bond acceptors (Lipinski definition) is 8. The minimum absolute atomic E-state index is 0.0249. The standard InChI is InChI=1S/C20H23N7O3/c1-11-8-28-9-16(11)27-14(5-21)4-13-6-22-20(24-18(13)27)23-15-7-26(3)25-19(15)30-17-10-29-12(17)2/h4,6-7,11-12,16-17H,8-10H2,1-3H3,(H,22,23,24)/t11-,12-,16-,17?/m0/s1. The van der Waals surface area contributed by atoms with E-state index < -0.39 is 0 Å². The number of hydrogen-bond donors (Lipinski definition) is 1. The first-order valence-corrected chi connectivity index (χ1v) is 9.98. The minimum atomic E-state index is -0.0249. The fourth-order valence-electron chi connectivity index (χ4n) is 3.87. The molecule has 0 spiro atoms. The predicted molar refractivity (Wildman–Crippen MR) is 108 cm³/mol. The number of aromatic nitrogens is 5. The fourth-order valence-corrected chi connectivity index (χ4v) is 3.87. The minimum Gasteiger partial charge on any atom is -0.467 e. The van der Waals surface area contributed by atoms with Crippen LogP contribution in [0, 0.1) is 17.2 Å². The van der Waals surface area contributed by atoms with Gasteiger partial charge in [-0.2, -0.15) is 10.2 Å². The number of ether oxygens (including phenoxy) is 3. The van der Waals surface area contributed by atoms with Crippen LogP contribution in [0.25, 0.3) is 11.0 Å². The number of aryl methyl sites for hydroxylation is 1. The lowest BCUT2D eigenvalue weighted by molar-refractivity contribution is -0.140. The number of anilines is 2. The first-order valence-electron chi connectivity index (χ1n) is 9.98. The van der Waals surface area contributed by atoms with Crippen molar-refractivity contribution in [2.75, 3.05) is 25.1 Å². The van der Waals surface area contributed by atoms with Crippen molar-refractivity contribution in [2.45, 2.75) is 32.1 Å². The molecule has 0 saturated carbocycles. The SMILES string of the molecule is C[C@@H]1OCC1Oc1nn(C)cc1Nc1ncc2cc(C#N)n([C@H]3COC[C@@H]3C)c2n1. The highest BCUT2D eigenvalue weighted by Crippen LogP contribution is 2.33. The van der Waals surface area contributed by atoms with Crippen molar-refractivity contribution >= 4 is 22.7 Å². The Kier molecular flexibility index (Phi) is 4.56. The average Bonchev–Trinajstić information content (AvgIpc) is 3.40. The summed E-state index contributed by atoms with van der Waals surface area (Å²) in [5, 5.41) is 18.1. The van der Waals surface area contributed by atoms with Gasteiger partial charge in [0.25, 0.3) is 5.88 Å². The van der Waals surface area contributed by atoms with E-state index in [1.165, 1.54) is 0 Å². The number of nitrogens with zero attached hydrogens (tertiary/aromatic N) is 6. The molecule has 156 valence electrons. The van der Waals surface area contributed by atoms with Gasteiger partial charge in [-0.3, -0.25) is 4.68 Å². The molecule has 2 aliphatic heterocycles. The monoisotopic (exact) mass is 409 g/mol. The first kappa shape index (κ1) is 18.8. The van der Waals surface area contributed by atoms with Crippen molar-refractivity contribution in [1.82, 2.24) is 24.3 Å². The van der Waals surface area contributed by atoms with E-state index in [9.17, 15) is 5.26 Å². The topological polar surface area (TPSA) is 112 Å². The molecule has 0 amide bonds. The maximum absolute atomic E-state index is 9.63. The van der Waals surface area contributed by atoms with Gasteiger partial charge >= 0.3 is 0 Å². The molecule has 3 aromatic rings. The maximum atomic E-state index is 9.63. The van der Waals surface area contributed by atoms with E-state index in [4.69, 9.17) is 19.2 Å². The van der Waals surface area contributed by atoms with Gasteiger partial charge in [-0.15, -0.1) is 5.10 Å². The van der Waals surface area contributed by atoms with E-state index >= 15 is 0 Å². The Balaban J connectivity index is 1.48. The van der Waals surface area contributed by atoms with Crippen LogP contribution in [-0.2, 0) is 16.5 Å². The summed E-state index contributed by atoms with van der Waals surface area (Å²) >= 11 is 0. The molecule has 1 unspecified atom stereocenters. The molecule has 30 heavy (non-hydrogen) atoms. The van der Waals surface area contributed by atoms with Crippen LogP contribution >= 0.6 is 0 Å². The molecule has 5 heterocycles. The first-order chi connectivity index (χ1) is 14.5. The lowest BCUT2D eigenvalue weighted by Gasteiger charge is -2.33. The summed E-state index contributed by atoms with van der Waals surface area (Å²) in [5.74, 6) is 1.19. The molecule has 3 aromatic heterocycles. The predicted octanol–water partition coefficient (Wildman–Crippen LogP) is 2.15. The van der Waals surface area contributed by atoms with E-state index in [0.29, 0.717) is 54.6 Å². The van der Waals surface area contributed by atoms with Crippen LogP contribution < -0.4 is 10.1 Å². The summed E-state index contributed by atoms with van der Waals surface area (Å²) in [4.78, 5) is 9.14. The molecule has 0 bridgehead atoms. The molecule has 4 atom stereocenters. The van der Waals surface area contributed by atoms with Gasteiger partial charge in [0.05, 0.1) is 38.2 Å². The second kappa shape index (κ2) is 7.27. The van der Waals surface area contributed by atoms with Crippen LogP contribution in [0.3, 0.4) is 0 Å². The third kappa shape index (κ3) is 3.16. The zero-order chi connectivity index (χ0) is 20.8. The number of nitrogens with one attached hydrogen (secondary N) is 1. The van der Waals surface area contributed by atoms with E-state index in [-0.39, 0.29) is 18.2 Å². The summed E-state index contributed by atoms with van der Waals surface area (Å²) in [7, 11) is 1.83. The van der Waals surface area contributed by atoms with Crippen LogP contribution in [0.15, 0.2) is 18.5 Å². The molecule has 0 aromatic carbocycles. The van der Waals surface area contributed by atoms with Gasteiger partial charge in [0.1, 0.15) is 29.2 Å². The maximum Gasteiger partial charge on any atom is 0.257 e. The van der Waals surface area contributed by atoms with E-state index in [2.05, 4.69) is 28.4 Å². The highest BCUT2D eigenvalue weighted by molar-refractivity contribution is 5.79. The molecule has 10 nitrogen and oxygen atoms in total. The van der Waals surface area contributed by atoms with Crippen LogP contribution in [-0.4, -0.2) is 56.3 Å². The second-order valence-electron chi connectivity index (χ2n) is 7.91. The Labute approximate surface area is 173 Å². The quantitative estimate of drug-likeness (QED) is 0.682. The van der Waals surface area contributed by atoms with E-state index in [1.807, 2.05) is 30.8 Å². The number of fused-ring (bicyclic) bond motifs is 1. The van der Waals surface area contributed by atoms with Crippen molar-refractivity contribution < 1.29 is 14.2 Å². The van der Waals surface area contributed by atoms with Gasteiger partial charge in [-0.1, -0.05) is 6.92 Å². The molecule has 5 rings (SSSR count). The Morgan fingerprint density at radius 1 is 1.30 bits per heavy atom. The van der Waals surface area contributed by atoms with Crippen LogP contribution in [0.2, 0.25) is 0 Å². The normalized spacial score (nSPS) is 25.8. The van der Waals surface area contributed by atoms with E-state index in [0.717, 1.165) is 5.39 Å². The Hall–Kier alpha value is -3.16. The van der Waals surface area contributed by atoms with Gasteiger partial charge in [-0.05, 0) is 13.0 Å². The zero-order valence-corrected chi connectivity index (χ0v) is 17.1. The Morgan fingerprint density at radius 3 is 2.83 bits per heavy atom. The lowest BCUT2D eigenvalue weighted by Crippen LogP contribution is -2.46. The molecule has 10 heteroatoms. The molecule has 0 radical (unpaired) electrons. The van der Waals surface area contributed by atoms with Gasteiger partial charge in [0.2, 0.25) is 5.95 Å². The number of nitriles is 1. The van der Waals surface area contributed by atoms with Crippen molar-refractivity contribution in [1.29, 1.82) is 5.26 Å². The summed E-state index contributed by atoms with van der Waals surface area (Å²) in [5.41, 5.74) is 1.94.